The highest BCUT2D eigenvalue weighted by Gasteiger charge is 2.21. The van der Waals surface area contributed by atoms with Crippen molar-refractivity contribution in [2.45, 2.75) is 20.8 Å². The number of likely N-dealkylation sites (N-methyl/N-ethyl adjacent to an activating group) is 1. The molecule has 1 saturated heterocycles. The summed E-state index contributed by atoms with van der Waals surface area (Å²) < 4.78 is 0. The van der Waals surface area contributed by atoms with E-state index in [0.29, 0.717) is 0 Å². The van der Waals surface area contributed by atoms with E-state index in [9.17, 15) is 4.79 Å². The maximum atomic E-state index is 12.1. The molecule has 3 heteroatoms. The average Bonchev–Trinajstić information content (AvgIpc) is 2.35. The van der Waals surface area contributed by atoms with Gasteiger partial charge >= 0.3 is 0 Å². The highest BCUT2D eigenvalue weighted by atomic mass is 16.2. The van der Waals surface area contributed by atoms with Crippen molar-refractivity contribution in [3.8, 4) is 0 Å². The standard InChI is InChI=1S/C13H22N2O/c1-4-7-12(5-2)13(16)15-10-8-14(6-3)9-11-15/h4-5,7H,6,8-11H2,1-3H3/b7-4-,12-5+. The van der Waals surface area contributed by atoms with Crippen molar-refractivity contribution >= 4 is 5.91 Å². The summed E-state index contributed by atoms with van der Waals surface area (Å²) in [7, 11) is 0. The Labute approximate surface area is 98.4 Å². The molecule has 3 nitrogen and oxygen atoms in total. The van der Waals surface area contributed by atoms with Gasteiger partial charge in [-0.05, 0) is 20.4 Å². The van der Waals surface area contributed by atoms with Gasteiger partial charge in [0.05, 0.1) is 0 Å². The molecular formula is C13H22N2O. The van der Waals surface area contributed by atoms with Crippen molar-refractivity contribution in [2.75, 3.05) is 32.7 Å². The summed E-state index contributed by atoms with van der Waals surface area (Å²) >= 11 is 0. The minimum atomic E-state index is 0.163. The number of rotatable bonds is 3. The Hall–Kier alpha value is -1.09. The molecule has 1 aliphatic heterocycles. The molecule has 0 saturated carbocycles. The Kier molecular flexibility index (Phi) is 5.26. The Balaban J connectivity index is 2.56. The van der Waals surface area contributed by atoms with Gasteiger partial charge in [-0.15, -0.1) is 0 Å². The summed E-state index contributed by atoms with van der Waals surface area (Å²) in [6.45, 7) is 10.8. The zero-order valence-electron chi connectivity index (χ0n) is 10.6. The van der Waals surface area contributed by atoms with Gasteiger partial charge in [-0.1, -0.05) is 25.2 Å². The van der Waals surface area contributed by atoms with E-state index < -0.39 is 0 Å². The molecule has 0 radical (unpaired) electrons. The summed E-state index contributed by atoms with van der Waals surface area (Å²) in [5.74, 6) is 0.163. The molecule has 0 unspecified atom stereocenters. The molecular weight excluding hydrogens is 200 g/mol. The molecule has 90 valence electrons. The fraction of sp³-hybridized carbons (Fsp3) is 0.615. The van der Waals surface area contributed by atoms with Gasteiger partial charge in [-0.3, -0.25) is 4.79 Å². The van der Waals surface area contributed by atoms with Crippen LogP contribution in [-0.4, -0.2) is 48.4 Å². The average molecular weight is 222 g/mol. The van der Waals surface area contributed by atoms with Gasteiger partial charge in [0.15, 0.2) is 0 Å². The first-order valence-corrected chi connectivity index (χ1v) is 6.03. The third kappa shape index (κ3) is 3.20. The van der Waals surface area contributed by atoms with E-state index in [1.54, 1.807) is 0 Å². The molecule has 1 amide bonds. The second-order valence-electron chi connectivity index (χ2n) is 3.97. The van der Waals surface area contributed by atoms with E-state index in [1.807, 2.05) is 37.0 Å². The van der Waals surface area contributed by atoms with E-state index in [-0.39, 0.29) is 5.91 Å². The molecule has 1 heterocycles. The highest BCUT2D eigenvalue weighted by Crippen LogP contribution is 2.08. The van der Waals surface area contributed by atoms with Crippen LogP contribution in [0.4, 0.5) is 0 Å². The number of carbonyl (C=O) groups is 1. The van der Waals surface area contributed by atoms with Crippen LogP contribution in [0.5, 0.6) is 0 Å². The lowest BCUT2D eigenvalue weighted by Crippen LogP contribution is -2.48. The van der Waals surface area contributed by atoms with E-state index in [4.69, 9.17) is 0 Å². The predicted molar refractivity (Wildman–Crippen MR) is 67.3 cm³/mol. The number of allylic oxidation sites excluding steroid dienone is 2. The van der Waals surface area contributed by atoms with Crippen molar-refractivity contribution in [1.82, 2.24) is 9.80 Å². The normalized spacial score (nSPS) is 19.4. The van der Waals surface area contributed by atoms with Gasteiger partial charge in [-0.25, -0.2) is 0 Å². The van der Waals surface area contributed by atoms with Crippen molar-refractivity contribution in [3.63, 3.8) is 0 Å². The fourth-order valence-corrected chi connectivity index (χ4v) is 1.92. The third-order valence-corrected chi connectivity index (χ3v) is 3.01. The minimum Gasteiger partial charge on any atom is -0.336 e. The first-order chi connectivity index (χ1) is 7.72. The van der Waals surface area contributed by atoms with E-state index in [0.717, 1.165) is 38.3 Å². The molecule has 0 aromatic carbocycles. The molecule has 0 N–H and O–H groups in total. The van der Waals surface area contributed by atoms with Gasteiger partial charge in [0.1, 0.15) is 0 Å². The van der Waals surface area contributed by atoms with Gasteiger partial charge in [-0.2, -0.15) is 0 Å². The van der Waals surface area contributed by atoms with Crippen LogP contribution in [0.15, 0.2) is 23.8 Å². The number of hydrogen-bond acceptors (Lipinski definition) is 2. The van der Waals surface area contributed by atoms with Crippen LogP contribution < -0.4 is 0 Å². The first-order valence-electron chi connectivity index (χ1n) is 6.03. The molecule has 0 atom stereocenters. The summed E-state index contributed by atoms with van der Waals surface area (Å²) in [5, 5.41) is 0. The smallest absolute Gasteiger partial charge is 0.253 e. The van der Waals surface area contributed by atoms with Crippen LogP contribution in [0.25, 0.3) is 0 Å². The van der Waals surface area contributed by atoms with Crippen molar-refractivity contribution in [2.24, 2.45) is 0 Å². The SMILES string of the molecule is C/C=C\C(=C/C)C(=O)N1CCN(CC)CC1. The first kappa shape index (κ1) is 13.0. The van der Waals surface area contributed by atoms with Crippen LogP contribution in [-0.2, 0) is 4.79 Å². The number of nitrogens with zero attached hydrogens (tertiary/aromatic N) is 2. The molecule has 1 aliphatic rings. The van der Waals surface area contributed by atoms with E-state index >= 15 is 0 Å². The molecule has 0 aromatic heterocycles. The molecule has 0 aromatic rings. The van der Waals surface area contributed by atoms with Crippen molar-refractivity contribution in [1.29, 1.82) is 0 Å². The van der Waals surface area contributed by atoms with E-state index in [1.165, 1.54) is 0 Å². The van der Waals surface area contributed by atoms with Crippen molar-refractivity contribution < 1.29 is 4.79 Å². The zero-order chi connectivity index (χ0) is 12.0. The largest absolute Gasteiger partial charge is 0.336 e. The quantitative estimate of drug-likeness (QED) is 0.536. The van der Waals surface area contributed by atoms with Crippen LogP contribution in [0.1, 0.15) is 20.8 Å². The maximum absolute atomic E-state index is 12.1. The monoisotopic (exact) mass is 222 g/mol. The second kappa shape index (κ2) is 6.48. The number of hydrogen-bond donors (Lipinski definition) is 0. The van der Waals surface area contributed by atoms with Gasteiger partial charge in [0.2, 0.25) is 0 Å². The highest BCUT2D eigenvalue weighted by molar-refractivity contribution is 5.96. The Morgan fingerprint density at radius 1 is 1.19 bits per heavy atom. The lowest BCUT2D eigenvalue weighted by Gasteiger charge is -2.34. The molecule has 0 spiro atoms. The molecule has 0 bridgehead atoms. The summed E-state index contributed by atoms with van der Waals surface area (Å²) in [5.41, 5.74) is 0.799. The Morgan fingerprint density at radius 2 is 1.81 bits per heavy atom. The lowest BCUT2D eigenvalue weighted by molar-refractivity contribution is -0.128. The topological polar surface area (TPSA) is 23.6 Å². The van der Waals surface area contributed by atoms with Crippen LogP contribution in [0, 0.1) is 0 Å². The predicted octanol–water partition coefficient (Wildman–Crippen LogP) is 1.67. The van der Waals surface area contributed by atoms with Gasteiger partial charge in [0, 0.05) is 31.8 Å². The molecule has 1 fully saturated rings. The number of carbonyl (C=O) groups excluding carboxylic acids is 1. The van der Waals surface area contributed by atoms with Gasteiger partial charge < -0.3 is 9.80 Å². The summed E-state index contributed by atoms with van der Waals surface area (Å²) in [6.07, 6.45) is 5.68. The van der Waals surface area contributed by atoms with Crippen molar-refractivity contribution in [3.05, 3.63) is 23.8 Å². The van der Waals surface area contributed by atoms with E-state index in [2.05, 4.69) is 11.8 Å². The summed E-state index contributed by atoms with van der Waals surface area (Å²) in [4.78, 5) is 16.4. The van der Waals surface area contributed by atoms with Crippen LogP contribution >= 0.6 is 0 Å². The zero-order valence-corrected chi connectivity index (χ0v) is 10.6. The molecule has 16 heavy (non-hydrogen) atoms. The summed E-state index contributed by atoms with van der Waals surface area (Å²) in [6, 6.07) is 0. The Bertz CT molecular complexity index is 286. The minimum absolute atomic E-state index is 0.163. The third-order valence-electron chi connectivity index (χ3n) is 3.01. The van der Waals surface area contributed by atoms with Gasteiger partial charge in [0.25, 0.3) is 5.91 Å². The molecule has 1 rings (SSSR count). The Morgan fingerprint density at radius 3 is 2.25 bits per heavy atom. The number of piperazine rings is 1. The fourth-order valence-electron chi connectivity index (χ4n) is 1.92. The lowest BCUT2D eigenvalue weighted by atomic mass is 10.2. The second-order valence-corrected chi connectivity index (χ2v) is 3.97. The van der Waals surface area contributed by atoms with Crippen LogP contribution in [0.2, 0.25) is 0 Å². The number of amides is 1. The maximum Gasteiger partial charge on any atom is 0.253 e. The molecule has 0 aliphatic carbocycles. The van der Waals surface area contributed by atoms with Crippen LogP contribution in [0.3, 0.4) is 0 Å².